The average molecular weight is 552 g/mol. The maximum Gasteiger partial charge on any atom is 0.305 e. The number of carboxylic acids is 1. The van der Waals surface area contributed by atoms with Crippen LogP contribution in [-0.2, 0) is 16.0 Å². The third-order valence-electron chi connectivity index (χ3n) is 8.87. The Hall–Kier alpha value is -2.61. The number of carboxylic acid groups (broad SMARTS) is 1. The number of nitrogens with one attached hydrogen (secondary N) is 1. The van der Waals surface area contributed by atoms with E-state index < -0.39 is 11.6 Å². The van der Waals surface area contributed by atoms with E-state index in [9.17, 15) is 14.4 Å². The van der Waals surface area contributed by atoms with Crippen LogP contribution >= 0.6 is 11.8 Å². The molecule has 2 fully saturated rings. The van der Waals surface area contributed by atoms with Crippen LogP contribution in [0.5, 0.6) is 0 Å². The van der Waals surface area contributed by atoms with Crippen molar-refractivity contribution in [2.45, 2.75) is 89.5 Å². The predicted octanol–water partition coefficient (Wildman–Crippen LogP) is 5.45. The van der Waals surface area contributed by atoms with Crippen molar-refractivity contribution in [2.24, 2.45) is 22.2 Å². The lowest BCUT2D eigenvalue weighted by Gasteiger charge is -2.45. The van der Waals surface area contributed by atoms with Crippen molar-refractivity contribution < 1.29 is 19.5 Å². The smallest absolute Gasteiger partial charge is 0.305 e. The number of carbonyl (C=O) groups excluding carboxylic acids is 2. The van der Waals surface area contributed by atoms with Gasteiger partial charge >= 0.3 is 5.97 Å². The van der Waals surface area contributed by atoms with Gasteiger partial charge in [0.1, 0.15) is 11.4 Å². The van der Waals surface area contributed by atoms with E-state index in [0.29, 0.717) is 30.4 Å². The van der Waals surface area contributed by atoms with Crippen molar-refractivity contribution in [3.63, 3.8) is 0 Å². The summed E-state index contributed by atoms with van der Waals surface area (Å²) < 4.78 is 0. The standard InChI is InChI=1S/C31H41N3O4S/c1-30(2,3)23-12-16-31(17-13-23)33-27(25-11-10-24(39-25)21-8-9-21)29(38)34(31)19-15-20-4-6-22(7-5-20)28(37)32-18-14-26(35)36/h4-7,10,21,23,25H,8-9,11-19H2,1-3H3,(H,32,37)(H,35,36). The van der Waals surface area contributed by atoms with Crippen molar-refractivity contribution in [3.05, 3.63) is 46.4 Å². The summed E-state index contributed by atoms with van der Waals surface area (Å²) in [6.45, 7) is 7.66. The quantitative estimate of drug-likeness (QED) is 0.425. The van der Waals surface area contributed by atoms with Crippen LogP contribution in [0.1, 0.15) is 88.1 Å². The molecule has 7 nitrogen and oxygen atoms in total. The van der Waals surface area contributed by atoms with Gasteiger partial charge in [-0.1, -0.05) is 39.0 Å². The molecule has 5 rings (SSSR count). The maximum absolute atomic E-state index is 13.9. The van der Waals surface area contributed by atoms with E-state index in [1.54, 1.807) is 12.1 Å². The Labute approximate surface area is 235 Å². The highest BCUT2D eigenvalue weighted by atomic mass is 32.2. The largest absolute Gasteiger partial charge is 0.481 e. The molecule has 4 aliphatic rings. The Kier molecular flexibility index (Phi) is 7.96. The molecular formula is C31H41N3O4S. The van der Waals surface area contributed by atoms with E-state index in [0.717, 1.165) is 43.4 Å². The zero-order valence-electron chi connectivity index (χ0n) is 23.4. The second-order valence-corrected chi connectivity index (χ2v) is 13.9. The fraction of sp³-hybridized carbons (Fsp3) is 0.613. The minimum Gasteiger partial charge on any atom is -0.481 e. The van der Waals surface area contributed by atoms with E-state index >= 15 is 0 Å². The van der Waals surface area contributed by atoms with Crippen molar-refractivity contribution >= 4 is 35.3 Å². The normalized spacial score (nSPS) is 27.1. The fourth-order valence-corrected chi connectivity index (χ4v) is 7.64. The monoisotopic (exact) mass is 551 g/mol. The molecule has 0 aromatic heterocycles. The Morgan fingerprint density at radius 3 is 2.44 bits per heavy atom. The zero-order valence-corrected chi connectivity index (χ0v) is 24.2. The van der Waals surface area contributed by atoms with Gasteiger partial charge in [0, 0.05) is 18.7 Å². The van der Waals surface area contributed by atoms with Gasteiger partial charge in [-0.3, -0.25) is 19.4 Å². The molecule has 2 amide bonds. The number of carbonyl (C=O) groups is 3. The van der Waals surface area contributed by atoms with Crippen molar-refractivity contribution in [1.29, 1.82) is 0 Å². The lowest BCUT2D eigenvalue weighted by Crippen LogP contribution is -2.50. The summed E-state index contributed by atoms with van der Waals surface area (Å²) in [7, 11) is 0. The maximum atomic E-state index is 13.9. The summed E-state index contributed by atoms with van der Waals surface area (Å²) in [6.07, 6.45) is 10.4. The third kappa shape index (κ3) is 6.26. The van der Waals surface area contributed by atoms with Gasteiger partial charge in [-0.05, 0) is 91.2 Å². The van der Waals surface area contributed by atoms with Gasteiger partial charge in [-0.2, -0.15) is 0 Å². The van der Waals surface area contributed by atoms with Crippen molar-refractivity contribution in [1.82, 2.24) is 10.2 Å². The van der Waals surface area contributed by atoms with Gasteiger partial charge in [0.25, 0.3) is 11.8 Å². The number of aliphatic carboxylic acids is 1. The summed E-state index contributed by atoms with van der Waals surface area (Å²) in [5.74, 6) is 0.245. The fourth-order valence-electron chi connectivity index (χ4n) is 6.24. The third-order valence-corrected chi connectivity index (χ3v) is 10.3. The number of rotatable bonds is 9. The van der Waals surface area contributed by atoms with Crippen LogP contribution in [0.2, 0.25) is 0 Å². The van der Waals surface area contributed by atoms with Gasteiger partial charge in [-0.15, -0.1) is 11.8 Å². The van der Waals surface area contributed by atoms with Gasteiger partial charge in [0.15, 0.2) is 0 Å². The zero-order chi connectivity index (χ0) is 27.8. The number of hydrogen-bond acceptors (Lipinski definition) is 5. The van der Waals surface area contributed by atoms with E-state index in [2.05, 4.69) is 37.1 Å². The number of amides is 2. The first-order chi connectivity index (χ1) is 18.6. The Morgan fingerprint density at radius 2 is 1.82 bits per heavy atom. The highest BCUT2D eigenvalue weighted by molar-refractivity contribution is 8.04. The lowest BCUT2D eigenvalue weighted by atomic mass is 9.69. The number of benzene rings is 1. The summed E-state index contributed by atoms with van der Waals surface area (Å²) in [4.78, 5) is 45.7. The van der Waals surface area contributed by atoms with E-state index in [4.69, 9.17) is 10.1 Å². The van der Waals surface area contributed by atoms with Crippen LogP contribution in [0, 0.1) is 17.3 Å². The molecule has 0 saturated heterocycles. The minimum atomic E-state index is -0.940. The van der Waals surface area contributed by atoms with E-state index in [1.165, 1.54) is 17.7 Å². The number of aliphatic imine (C=N–C) groups is 1. The highest BCUT2D eigenvalue weighted by Crippen LogP contribution is 2.51. The van der Waals surface area contributed by atoms with Crippen LogP contribution < -0.4 is 5.32 Å². The van der Waals surface area contributed by atoms with Crippen LogP contribution in [-0.4, -0.2) is 57.5 Å². The van der Waals surface area contributed by atoms with E-state index in [-0.39, 0.29) is 35.4 Å². The Balaban J connectivity index is 1.26. The van der Waals surface area contributed by atoms with Crippen molar-refractivity contribution in [2.75, 3.05) is 13.1 Å². The lowest BCUT2D eigenvalue weighted by molar-refractivity contribution is -0.136. The molecule has 2 aliphatic carbocycles. The molecule has 1 atom stereocenters. The molecule has 1 aromatic carbocycles. The molecule has 1 unspecified atom stereocenters. The van der Waals surface area contributed by atoms with Gasteiger partial charge < -0.3 is 15.3 Å². The second kappa shape index (κ2) is 11.1. The molecule has 1 aromatic rings. The van der Waals surface area contributed by atoms with Crippen LogP contribution in [0.3, 0.4) is 0 Å². The number of thioether (sulfide) groups is 1. The summed E-state index contributed by atoms with van der Waals surface area (Å²) in [5.41, 5.74) is 2.16. The summed E-state index contributed by atoms with van der Waals surface area (Å²) in [6, 6.07) is 7.39. The van der Waals surface area contributed by atoms with E-state index in [1.807, 2.05) is 23.9 Å². The first-order valence-corrected chi connectivity index (χ1v) is 15.3. The number of nitrogens with zero attached hydrogens (tertiary/aromatic N) is 2. The van der Waals surface area contributed by atoms with Crippen LogP contribution in [0.4, 0.5) is 0 Å². The highest BCUT2D eigenvalue weighted by Gasteiger charge is 2.51. The van der Waals surface area contributed by atoms with Gasteiger partial charge in [0.05, 0.1) is 11.7 Å². The summed E-state index contributed by atoms with van der Waals surface area (Å²) >= 11 is 1.87. The van der Waals surface area contributed by atoms with Crippen molar-refractivity contribution in [3.8, 4) is 0 Å². The molecule has 0 bridgehead atoms. The molecule has 2 aliphatic heterocycles. The predicted molar refractivity (Wildman–Crippen MR) is 155 cm³/mol. The van der Waals surface area contributed by atoms with Gasteiger partial charge in [-0.25, -0.2) is 0 Å². The Bertz CT molecular complexity index is 1170. The molecule has 2 saturated carbocycles. The molecule has 2 heterocycles. The topological polar surface area (TPSA) is 99.1 Å². The van der Waals surface area contributed by atoms with Gasteiger partial charge in [0.2, 0.25) is 0 Å². The molecule has 2 N–H and O–H groups in total. The molecule has 1 spiro atoms. The molecule has 8 heteroatoms. The summed E-state index contributed by atoms with van der Waals surface area (Å²) in [5, 5.41) is 11.5. The van der Waals surface area contributed by atoms with Crippen LogP contribution in [0.15, 0.2) is 40.2 Å². The SMILES string of the molecule is CC(C)(C)C1CCC2(CC1)N=C(C1CC=C(C3CC3)S1)C(=O)N2CCc1ccc(C(=O)NCCC(=O)O)cc1. The Morgan fingerprint density at radius 1 is 1.13 bits per heavy atom. The first kappa shape index (κ1) is 27.9. The molecular weight excluding hydrogens is 510 g/mol. The average Bonchev–Trinajstić information content (AvgIpc) is 3.57. The number of hydrogen-bond donors (Lipinski definition) is 2. The number of allylic oxidation sites excluding steroid dienone is 2. The minimum absolute atomic E-state index is 0.102. The molecule has 210 valence electrons. The first-order valence-electron chi connectivity index (χ1n) is 14.4. The second-order valence-electron chi connectivity index (χ2n) is 12.6. The molecule has 0 radical (unpaired) electrons. The van der Waals surface area contributed by atoms with Crippen LogP contribution in [0.25, 0.3) is 0 Å². The molecule has 39 heavy (non-hydrogen) atoms.